The zero-order chi connectivity index (χ0) is 6.57. The minimum absolute atomic E-state index is 0. The molecule has 0 aliphatic heterocycles. The molecular weight excluding hydrogens is 133 g/mol. The zero-order valence-corrected chi connectivity index (χ0v) is 7.33. The number of rotatable bonds is 3. The summed E-state index contributed by atoms with van der Waals surface area (Å²) in [6.07, 6.45) is -1.34. The van der Waals surface area contributed by atoms with E-state index in [4.69, 9.17) is 10.8 Å². The third kappa shape index (κ3) is 6.27. The van der Waals surface area contributed by atoms with E-state index in [1.807, 2.05) is 0 Å². The summed E-state index contributed by atoms with van der Waals surface area (Å²) in [5, 5.41) is 18.1. The molecule has 5 heteroatoms. The standard InChI is InChI=1S/C4H9NO3.Na/c5-2-1-3(6)4(7)8;/h3,6H,1-2,5H2,(H,7,8);/q;+1/p-1/t3-;/m0./s1. The molecule has 0 aromatic heterocycles. The molecular formula is C4H8NNaO3. The summed E-state index contributed by atoms with van der Waals surface area (Å²) < 4.78 is 0. The van der Waals surface area contributed by atoms with Crippen molar-refractivity contribution in [2.45, 2.75) is 12.5 Å². The van der Waals surface area contributed by atoms with E-state index in [-0.39, 0.29) is 42.5 Å². The molecule has 0 rings (SSSR count). The van der Waals surface area contributed by atoms with E-state index < -0.39 is 12.1 Å². The predicted molar refractivity (Wildman–Crippen MR) is 24.7 cm³/mol. The summed E-state index contributed by atoms with van der Waals surface area (Å²) >= 11 is 0. The number of hydrogen-bond acceptors (Lipinski definition) is 4. The summed E-state index contributed by atoms with van der Waals surface area (Å²) in [4.78, 5) is 9.67. The molecule has 0 radical (unpaired) electrons. The molecule has 3 N–H and O–H groups in total. The largest absolute Gasteiger partial charge is 1.00 e. The van der Waals surface area contributed by atoms with Crippen LogP contribution in [0.5, 0.6) is 0 Å². The summed E-state index contributed by atoms with van der Waals surface area (Å²) in [6, 6.07) is 0. The number of carbonyl (C=O) groups excluding carboxylic acids is 1. The third-order valence-corrected chi connectivity index (χ3v) is 0.712. The molecule has 0 aromatic rings. The maximum atomic E-state index is 9.67. The van der Waals surface area contributed by atoms with E-state index in [0.29, 0.717) is 0 Å². The smallest absolute Gasteiger partial charge is 0.547 e. The topological polar surface area (TPSA) is 86.4 Å². The molecule has 0 aliphatic carbocycles. The number of hydrogen-bond donors (Lipinski definition) is 2. The van der Waals surface area contributed by atoms with Crippen LogP contribution in [0.25, 0.3) is 0 Å². The molecule has 0 bridgehead atoms. The van der Waals surface area contributed by atoms with Crippen molar-refractivity contribution < 1.29 is 44.6 Å². The second-order valence-electron chi connectivity index (χ2n) is 1.41. The Bertz CT molecular complexity index is 87.9. The van der Waals surface area contributed by atoms with Crippen LogP contribution in [0.1, 0.15) is 6.42 Å². The Morgan fingerprint density at radius 3 is 2.33 bits per heavy atom. The van der Waals surface area contributed by atoms with Gasteiger partial charge in [-0.3, -0.25) is 0 Å². The Hall–Kier alpha value is 0.390. The van der Waals surface area contributed by atoms with Crippen molar-refractivity contribution in [3.05, 3.63) is 0 Å². The van der Waals surface area contributed by atoms with Gasteiger partial charge in [-0.2, -0.15) is 0 Å². The quantitative estimate of drug-likeness (QED) is 0.384. The van der Waals surface area contributed by atoms with Crippen molar-refractivity contribution in [1.29, 1.82) is 0 Å². The van der Waals surface area contributed by atoms with Crippen LogP contribution in [-0.4, -0.2) is 23.7 Å². The first-order valence-electron chi connectivity index (χ1n) is 2.27. The van der Waals surface area contributed by atoms with Gasteiger partial charge in [0.15, 0.2) is 0 Å². The molecule has 0 aliphatic rings. The SMILES string of the molecule is NCC[C@H](O)C(=O)[O-].[Na+]. The van der Waals surface area contributed by atoms with Crippen LogP contribution < -0.4 is 40.4 Å². The Morgan fingerprint density at radius 2 is 2.22 bits per heavy atom. The average molecular weight is 141 g/mol. The van der Waals surface area contributed by atoms with Gasteiger partial charge in [-0.25, -0.2) is 0 Å². The van der Waals surface area contributed by atoms with Crippen LogP contribution >= 0.6 is 0 Å². The number of aliphatic hydroxyl groups is 1. The maximum absolute atomic E-state index is 9.67. The minimum atomic E-state index is -1.46. The summed E-state index contributed by atoms with van der Waals surface area (Å²) in [7, 11) is 0. The van der Waals surface area contributed by atoms with Crippen molar-refractivity contribution in [2.75, 3.05) is 6.54 Å². The molecule has 0 spiro atoms. The van der Waals surface area contributed by atoms with E-state index in [2.05, 4.69) is 0 Å². The number of carboxylic acids is 1. The first-order chi connectivity index (χ1) is 3.68. The normalized spacial score (nSPS) is 11.8. The first kappa shape index (κ1) is 12.1. The molecule has 0 amide bonds. The van der Waals surface area contributed by atoms with Crippen LogP contribution in [0.4, 0.5) is 0 Å². The molecule has 1 atom stereocenters. The van der Waals surface area contributed by atoms with Gasteiger partial charge in [0, 0.05) is 0 Å². The summed E-state index contributed by atoms with van der Waals surface area (Å²) in [6.45, 7) is 0.162. The molecule has 4 nitrogen and oxygen atoms in total. The summed E-state index contributed by atoms with van der Waals surface area (Å²) in [5.74, 6) is -1.46. The molecule has 0 saturated heterocycles. The van der Waals surface area contributed by atoms with Crippen molar-refractivity contribution in [3.8, 4) is 0 Å². The van der Waals surface area contributed by atoms with Gasteiger partial charge < -0.3 is 20.7 Å². The van der Waals surface area contributed by atoms with Gasteiger partial charge in [0.25, 0.3) is 0 Å². The van der Waals surface area contributed by atoms with E-state index in [1.165, 1.54) is 0 Å². The number of carboxylic acid groups (broad SMARTS) is 1. The molecule has 0 saturated carbocycles. The van der Waals surface area contributed by atoms with Crippen molar-refractivity contribution in [2.24, 2.45) is 5.73 Å². The fourth-order valence-corrected chi connectivity index (χ4v) is 0.276. The van der Waals surface area contributed by atoms with Crippen LogP contribution in [0.3, 0.4) is 0 Å². The predicted octanol–water partition coefficient (Wildman–Crippen LogP) is -5.55. The van der Waals surface area contributed by atoms with Crippen molar-refractivity contribution in [3.63, 3.8) is 0 Å². The van der Waals surface area contributed by atoms with Gasteiger partial charge in [0.05, 0.1) is 12.1 Å². The van der Waals surface area contributed by atoms with Crippen LogP contribution in [0.2, 0.25) is 0 Å². The number of aliphatic hydroxyl groups excluding tert-OH is 1. The van der Waals surface area contributed by atoms with E-state index >= 15 is 0 Å². The zero-order valence-electron chi connectivity index (χ0n) is 5.33. The molecule has 0 aromatic carbocycles. The molecule has 0 heterocycles. The molecule has 48 valence electrons. The summed E-state index contributed by atoms with van der Waals surface area (Å²) in [5.41, 5.74) is 4.92. The Morgan fingerprint density at radius 1 is 1.78 bits per heavy atom. The van der Waals surface area contributed by atoms with Crippen LogP contribution in [0.15, 0.2) is 0 Å². The number of carbonyl (C=O) groups is 1. The fraction of sp³-hybridized carbons (Fsp3) is 0.750. The third-order valence-electron chi connectivity index (χ3n) is 0.712. The van der Waals surface area contributed by atoms with E-state index in [1.54, 1.807) is 0 Å². The van der Waals surface area contributed by atoms with Gasteiger partial charge in [-0.15, -0.1) is 0 Å². The second kappa shape index (κ2) is 6.51. The van der Waals surface area contributed by atoms with Gasteiger partial charge in [-0.1, -0.05) is 0 Å². The maximum Gasteiger partial charge on any atom is 1.00 e. The number of nitrogens with two attached hydrogens (primary N) is 1. The Balaban J connectivity index is 0. The van der Waals surface area contributed by atoms with Crippen molar-refractivity contribution >= 4 is 5.97 Å². The monoisotopic (exact) mass is 141 g/mol. The Labute approximate surface area is 75.3 Å². The van der Waals surface area contributed by atoms with Crippen molar-refractivity contribution in [1.82, 2.24) is 0 Å². The van der Waals surface area contributed by atoms with Gasteiger partial charge in [0.1, 0.15) is 0 Å². The molecule has 0 fully saturated rings. The van der Waals surface area contributed by atoms with Gasteiger partial charge in [0.2, 0.25) is 0 Å². The average Bonchev–Trinajstić information content (AvgIpc) is 1.67. The van der Waals surface area contributed by atoms with Gasteiger partial charge in [-0.05, 0) is 13.0 Å². The van der Waals surface area contributed by atoms with Crippen LogP contribution in [0, 0.1) is 0 Å². The Kier molecular flexibility index (Phi) is 8.75. The minimum Gasteiger partial charge on any atom is -0.547 e. The van der Waals surface area contributed by atoms with Crippen LogP contribution in [-0.2, 0) is 4.79 Å². The van der Waals surface area contributed by atoms with E-state index in [9.17, 15) is 9.90 Å². The number of aliphatic carboxylic acids is 1. The second-order valence-corrected chi connectivity index (χ2v) is 1.41. The molecule has 0 unspecified atom stereocenters. The van der Waals surface area contributed by atoms with E-state index in [0.717, 1.165) is 0 Å². The molecule has 9 heavy (non-hydrogen) atoms. The first-order valence-corrected chi connectivity index (χ1v) is 2.27. The fourth-order valence-electron chi connectivity index (χ4n) is 0.276. The van der Waals surface area contributed by atoms with Gasteiger partial charge >= 0.3 is 29.6 Å².